The van der Waals surface area contributed by atoms with E-state index in [-0.39, 0.29) is 34.6 Å². The number of methoxy groups -OCH3 is 1. The minimum Gasteiger partial charge on any atom is -0.493 e. The molecule has 0 bridgehead atoms. The maximum atomic E-state index is 13.3. The first-order chi connectivity index (χ1) is 12.8. The number of rotatable bonds is 7. The lowest BCUT2D eigenvalue weighted by Crippen LogP contribution is -2.24. The Morgan fingerprint density at radius 1 is 1.30 bits per heavy atom. The summed E-state index contributed by atoms with van der Waals surface area (Å²) in [5.41, 5.74) is 0.686. The molecule has 0 heterocycles. The maximum Gasteiger partial charge on any atom is 0.352 e. The van der Waals surface area contributed by atoms with E-state index >= 15 is 0 Å². The van der Waals surface area contributed by atoms with E-state index in [4.69, 9.17) is 26.2 Å². The first-order valence-corrected chi connectivity index (χ1v) is 8.15. The van der Waals surface area contributed by atoms with Crippen LogP contribution in [0.2, 0.25) is 5.02 Å². The van der Waals surface area contributed by atoms with Gasteiger partial charge in [0, 0.05) is 6.92 Å². The van der Waals surface area contributed by atoms with Crippen LogP contribution in [0.4, 0.5) is 4.39 Å². The fourth-order valence-corrected chi connectivity index (χ4v) is 2.53. The van der Waals surface area contributed by atoms with Crippen LogP contribution in [0.1, 0.15) is 18.1 Å². The van der Waals surface area contributed by atoms with Crippen molar-refractivity contribution in [3.63, 3.8) is 0 Å². The van der Waals surface area contributed by atoms with E-state index in [0.717, 1.165) is 0 Å². The van der Waals surface area contributed by atoms with Gasteiger partial charge in [0.05, 0.1) is 12.1 Å². The normalized spacial score (nSPS) is 11.0. The Hall–Kier alpha value is -3.06. The fourth-order valence-electron chi connectivity index (χ4n) is 2.25. The topological polar surface area (TPSA) is 84.9 Å². The highest BCUT2D eigenvalue weighted by atomic mass is 35.5. The number of hydrogen-bond donors (Lipinski definition) is 2. The molecule has 0 aliphatic carbocycles. The molecule has 0 aromatic heterocycles. The van der Waals surface area contributed by atoms with E-state index in [0.29, 0.717) is 11.1 Å². The SMILES string of the molecule is COc1cc(/C=C(/NC(C)=O)C(=O)O)cc(Cl)c1OCc1cccc(F)c1. The van der Waals surface area contributed by atoms with Crippen molar-refractivity contribution in [2.45, 2.75) is 13.5 Å². The van der Waals surface area contributed by atoms with Crippen molar-refractivity contribution < 1.29 is 28.6 Å². The first-order valence-electron chi connectivity index (χ1n) is 7.77. The van der Waals surface area contributed by atoms with Crippen LogP contribution in [-0.4, -0.2) is 24.1 Å². The molecule has 0 atom stereocenters. The number of carbonyl (C=O) groups is 2. The van der Waals surface area contributed by atoms with Crippen LogP contribution in [-0.2, 0) is 16.2 Å². The zero-order valence-corrected chi connectivity index (χ0v) is 15.3. The molecule has 2 N–H and O–H groups in total. The highest BCUT2D eigenvalue weighted by Crippen LogP contribution is 2.37. The average Bonchev–Trinajstić information content (AvgIpc) is 2.59. The number of amides is 1. The standard InChI is InChI=1S/C19H17ClFNO5/c1-11(23)22-16(19(24)25)8-13-7-15(20)18(17(9-13)26-2)27-10-12-4-3-5-14(21)6-12/h3-9H,10H2,1-2H3,(H,22,23)(H,24,25)/b16-8+. The zero-order chi connectivity index (χ0) is 20.0. The molecule has 0 aliphatic rings. The number of carboxylic acid groups (broad SMARTS) is 1. The summed E-state index contributed by atoms with van der Waals surface area (Å²) in [4.78, 5) is 22.4. The number of hydrogen-bond acceptors (Lipinski definition) is 4. The van der Waals surface area contributed by atoms with E-state index in [1.54, 1.807) is 12.1 Å². The fraction of sp³-hybridized carbons (Fsp3) is 0.158. The van der Waals surface area contributed by atoms with Crippen molar-refractivity contribution in [2.24, 2.45) is 0 Å². The van der Waals surface area contributed by atoms with Crippen molar-refractivity contribution in [1.29, 1.82) is 0 Å². The average molecular weight is 394 g/mol. The molecule has 0 fully saturated rings. The van der Waals surface area contributed by atoms with Crippen LogP contribution in [0.25, 0.3) is 6.08 Å². The molecular formula is C19H17ClFNO5. The number of carbonyl (C=O) groups excluding carboxylic acids is 1. The van der Waals surface area contributed by atoms with Gasteiger partial charge in [-0.2, -0.15) is 0 Å². The summed E-state index contributed by atoms with van der Waals surface area (Å²) in [6.07, 6.45) is 1.24. The lowest BCUT2D eigenvalue weighted by atomic mass is 10.1. The van der Waals surface area contributed by atoms with Gasteiger partial charge >= 0.3 is 5.97 Å². The lowest BCUT2D eigenvalue weighted by Gasteiger charge is -2.14. The second-order valence-electron chi connectivity index (χ2n) is 5.50. The summed E-state index contributed by atoms with van der Waals surface area (Å²) >= 11 is 6.24. The number of carboxylic acids is 1. The van der Waals surface area contributed by atoms with E-state index in [2.05, 4.69) is 5.32 Å². The van der Waals surface area contributed by atoms with Gasteiger partial charge in [-0.05, 0) is 41.5 Å². The molecule has 6 nitrogen and oxygen atoms in total. The molecule has 142 valence electrons. The van der Waals surface area contributed by atoms with Crippen LogP contribution in [0, 0.1) is 5.82 Å². The lowest BCUT2D eigenvalue weighted by molar-refractivity contribution is -0.134. The molecule has 0 radical (unpaired) electrons. The summed E-state index contributed by atoms with van der Waals surface area (Å²) in [6, 6.07) is 8.91. The number of nitrogens with one attached hydrogen (secondary N) is 1. The van der Waals surface area contributed by atoms with E-state index < -0.39 is 11.9 Å². The summed E-state index contributed by atoms with van der Waals surface area (Å²) in [5, 5.41) is 11.6. The number of benzene rings is 2. The molecule has 8 heteroatoms. The Bertz CT molecular complexity index is 898. The number of ether oxygens (including phenoxy) is 2. The van der Waals surface area contributed by atoms with Gasteiger partial charge in [0.25, 0.3) is 0 Å². The Balaban J connectivity index is 2.30. The van der Waals surface area contributed by atoms with Gasteiger partial charge in [-0.1, -0.05) is 23.7 Å². The van der Waals surface area contributed by atoms with Gasteiger partial charge in [0.2, 0.25) is 5.91 Å². The molecule has 2 rings (SSSR count). The Kier molecular flexibility index (Phi) is 6.79. The molecule has 2 aromatic carbocycles. The van der Waals surface area contributed by atoms with Crippen LogP contribution in [0.15, 0.2) is 42.1 Å². The molecule has 0 saturated heterocycles. The van der Waals surface area contributed by atoms with Crippen LogP contribution in [0.5, 0.6) is 11.5 Å². The van der Waals surface area contributed by atoms with Gasteiger partial charge in [0.15, 0.2) is 11.5 Å². The molecule has 1 amide bonds. The maximum absolute atomic E-state index is 13.3. The third-order valence-electron chi connectivity index (χ3n) is 3.38. The van der Waals surface area contributed by atoms with E-state index in [1.165, 1.54) is 44.4 Å². The molecule has 0 saturated carbocycles. The van der Waals surface area contributed by atoms with Crippen LogP contribution in [0.3, 0.4) is 0 Å². The summed E-state index contributed by atoms with van der Waals surface area (Å²) in [7, 11) is 1.40. The van der Waals surface area contributed by atoms with Crippen LogP contribution >= 0.6 is 11.6 Å². The Labute approximate surface area is 160 Å². The smallest absolute Gasteiger partial charge is 0.352 e. The third-order valence-corrected chi connectivity index (χ3v) is 3.66. The van der Waals surface area contributed by atoms with Crippen LogP contribution < -0.4 is 14.8 Å². The van der Waals surface area contributed by atoms with Gasteiger partial charge in [-0.25, -0.2) is 9.18 Å². The van der Waals surface area contributed by atoms with Crippen molar-refractivity contribution in [3.8, 4) is 11.5 Å². The molecule has 0 aliphatic heterocycles. The first kappa shape index (κ1) is 20.3. The van der Waals surface area contributed by atoms with Crippen molar-refractivity contribution in [2.75, 3.05) is 7.11 Å². The minimum atomic E-state index is -1.30. The summed E-state index contributed by atoms with van der Waals surface area (Å²) in [6.45, 7) is 1.27. The summed E-state index contributed by atoms with van der Waals surface area (Å²) < 4.78 is 24.2. The van der Waals surface area contributed by atoms with E-state index in [1.807, 2.05) is 0 Å². The predicted octanol–water partition coefficient (Wildman–Crippen LogP) is 3.63. The largest absolute Gasteiger partial charge is 0.493 e. The Morgan fingerprint density at radius 2 is 2.04 bits per heavy atom. The van der Waals surface area contributed by atoms with Gasteiger partial charge in [-0.15, -0.1) is 0 Å². The second kappa shape index (κ2) is 9.05. The quantitative estimate of drug-likeness (QED) is 0.702. The number of aliphatic carboxylic acids is 1. The zero-order valence-electron chi connectivity index (χ0n) is 14.6. The van der Waals surface area contributed by atoms with Crippen molar-refractivity contribution in [3.05, 3.63) is 64.1 Å². The van der Waals surface area contributed by atoms with Gasteiger partial charge in [-0.3, -0.25) is 4.79 Å². The van der Waals surface area contributed by atoms with E-state index in [9.17, 15) is 14.0 Å². The highest BCUT2D eigenvalue weighted by molar-refractivity contribution is 6.32. The molecule has 27 heavy (non-hydrogen) atoms. The summed E-state index contributed by atoms with van der Waals surface area (Å²) in [5.74, 6) is -1.70. The second-order valence-corrected chi connectivity index (χ2v) is 5.90. The van der Waals surface area contributed by atoms with Gasteiger partial charge < -0.3 is 19.9 Å². The molecule has 2 aromatic rings. The predicted molar refractivity (Wildman–Crippen MR) is 98.2 cm³/mol. The Morgan fingerprint density at radius 3 is 2.63 bits per heavy atom. The minimum absolute atomic E-state index is 0.0648. The number of halogens is 2. The molecule has 0 unspecified atom stereocenters. The van der Waals surface area contributed by atoms with Crippen molar-refractivity contribution >= 4 is 29.6 Å². The van der Waals surface area contributed by atoms with Gasteiger partial charge in [0.1, 0.15) is 18.1 Å². The monoisotopic (exact) mass is 393 g/mol. The molecule has 0 spiro atoms. The highest BCUT2D eigenvalue weighted by Gasteiger charge is 2.14. The molecular weight excluding hydrogens is 377 g/mol. The van der Waals surface area contributed by atoms with Crippen molar-refractivity contribution in [1.82, 2.24) is 5.32 Å². The third kappa shape index (κ3) is 5.72.